The van der Waals surface area contributed by atoms with Crippen LogP contribution in [0.1, 0.15) is 30.9 Å². The Morgan fingerprint density at radius 3 is 2.32 bits per heavy atom. The molecule has 200 valence electrons. The molecule has 3 saturated heterocycles. The van der Waals surface area contributed by atoms with Crippen molar-refractivity contribution in [3.63, 3.8) is 0 Å². The maximum absolute atomic E-state index is 12.9. The molecular formula is C25H35N7O4S. The standard InChI is InChI=1S/C25H35N7O4S/c1-18-4-5-20(23(14-18)32-21-6-7-22(32)17-30(16-21)19(2)33)15-28-10-12-29(13-11-28)25(34)31-9-8-24(26-31)27-37(3,35)36/h4-5,8-9,14,21-22H,6-7,10-13,15-17H2,1-3H3,(H,26,27). The number of likely N-dealkylation sites (tertiary alicyclic amines) is 1. The van der Waals surface area contributed by atoms with Crippen LogP contribution in [0.15, 0.2) is 30.5 Å². The molecule has 1 N–H and O–H groups in total. The van der Waals surface area contributed by atoms with Gasteiger partial charge in [0.25, 0.3) is 0 Å². The van der Waals surface area contributed by atoms with Crippen molar-refractivity contribution in [2.75, 3.05) is 55.1 Å². The van der Waals surface area contributed by atoms with Crippen molar-refractivity contribution in [1.29, 1.82) is 0 Å². The van der Waals surface area contributed by atoms with Crippen molar-refractivity contribution in [3.8, 4) is 0 Å². The van der Waals surface area contributed by atoms with Crippen molar-refractivity contribution in [2.24, 2.45) is 0 Å². The number of aromatic nitrogens is 2. The molecule has 11 nitrogen and oxygen atoms in total. The van der Waals surface area contributed by atoms with Gasteiger partial charge in [0.1, 0.15) is 0 Å². The minimum atomic E-state index is -3.45. The third kappa shape index (κ3) is 5.59. The van der Waals surface area contributed by atoms with E-state index in [1.807, 2.05) is 4.90 Å². The number of piperazine rings is 2. The number of hydrogen-bond donors (Lipinski definition) is 1. The molecule has 3 aliphatic heterocycles. The summed E-state index contributed by atoms with van der Waals surface area (Å²) >= 11 is 0. The van der Waals surface area contributed by atoms with E-state index in [2.05, 4.69) is 44.7 Å². The van der Waals surface area contributed by atoms with Crippen molar-refractivity contribution in [3.05, 3.63) is 41.6 Å². The minimum absolute atomic E-state index is 0.125. The van der Waals surface area contributed by atoms with Crippen LogP contribution in [-0.4, -0.2) is 102 Å². The normalized spacial score (nSPS) is 22.4. The van der Waals surface area contributed by atoms with E-state index in [9.17, 15) is 18.0 Å². The molecule has 1 aromatic heterocycles. The summed E-state index contributed by atoms with van der Waals surface area (Å²) in [5.41, 5.74) is 3.78. The third-order valence-corrected chi connectivity index (χ3v) is 8.14. The number of nitrogens with zero attached hydrogens (tertiary/aromatic N) is 6. The van der Waals surface area contributed by atoms with E-state index >= 15 is 0 Å². The second kappa shape index (κ2) is 9.97. The molecule has 2 atom stereocenters. The monoisotopic (exact) mass is 529 g/mol. The van der Waals surface area contributed by atoms with Crippen molar-refractivity contribution in [1.82, 2.24) is 24.5 Å². The summed E-state index contributed by atoms with van der Waals surface area (Å²) in [7, 11) is -3.45. The molecule has 0 saturated carbocycles. The molecule has 12 heteroatoms. The smallest absolute Gasteiger partial charge is 0.344 e. The van der Waals surface area contributed by atoms with Crippen LogP contribution in [0.2, 0.25) is 0 Å². The summed E-state index contributed by atoms with van der Waals surface area (Å²) in [6.45, 7) is 8.76. The highest BCUT2D eigenvalue weighted by molar-refractivity contribution is 7.92. The topological polar surface area (TPSA) is 111 Å². The number of hydrogen-bond acceptors (Lipinski definition) is 7. The molecule has 1 aromatic carbocycles. The van der Waals surface area contributed by atoms with Crippen LogP contribution in [0.3, 0.4) is 0 Å². The average molecular weight is 530 g/mol. The zero-order valence-corrected chi connectivity index (χ0v) is 22.4. The van der Waals surface area contributed by atoms with Crippen LogP contribution >= 0.6 is 0 Å². The number of carbonyl (C=O) groups is 2. The number of fused-ring (bicyclic) bond motifs is 2. The Bertz CT molecular complexity index is 1270. The summed E-state index contributed by atoms with van der Waals surface area (Å²) < 4.78 is 26.3. The van der Waals surface area contributed by atoms with E-state index in [-0.39, 0.29) is 17.8 Å². The molecule has 0 spiro atoms. The predicted octanol–water partition coefficient (Wildman–Crippen LogP) is 1.55. The van der Waals surface area contributed by atoms with Crippen LogP contribution in [0.4, 0.5) is 16.3 Å². The minimum Gasteiger partial charge on any atom is -0.362 e. The number of aryl methyl sites for hydroxylation is 1. The van der Waals surface area contributed by atoms with Gasteiger partial charge in [-0.1, -0.05) is 12.1 Å². The van der Waals surface area contributed by atoms with E-state index in [0.717, 1.165) is 51.8 Å². The molecule has 3 aliphatic rings. The Hall–Kier alpha value is -3.12. The quantitative estimate of drug-likeness (QED) is 0.626. The third-order valence-electron chi connectivity index (χ3n) is 7.56. The zero-order chi connectivity index (χ0) is 26.3. The fourth-order valence-electron chi connectivity index (χ4n) is 5.76. The summed E-state index contributed by atoms with van der Waals surface area (Å²) in [5, 5.41) is 4.06. The van der Waals surface area contributed by atoms with Gasteiger partial charge in [0.05, 0.1) is 6.26 Å². The van der Waals surface area contributed by atoms with Gasteiger partial charge in [-0.05, 0) is 37.0 Å². The van der Waals surface area contributed by atoms with E-state index in [1.54, 1.807) is 11.8 Å². The average Bonchev–Trinajstić information content (AvgIpc) is 3.39. The highest BCUT2D eigenvalue weighted by Crippen LogP contribution is 2.37. The predicted molar refractivity (Wildman–Crippen MR) is 141 cm³/mol. The second-order valence-electron chi connectivity index (χ2n) is 10.4. The molecule has 2 bridgehead atoms. The lowest BCUT2D eigenvalue weighted by molar-refractivity contribution is -0.129. The molecule has 5 rings (SSSR count). The first-order chi connectivity index (χ1) is 17.6. The number of amides is 2. The molecule has 2 aromatic rings. The van der Waals surface area contributed by atoms with Gasteiger partial charge < -0.3 is 14.7 Å². The number of anilines is 2. The van der Waals surface area contributed by atoms with Crippen LogP contribution in [0, 0.1) is 6.92 Å². The van der Waals surface area contributed by atoms with Gasteiger partial charge in [-0.3, -0.25) is 14.4 Å². The van der Waals surface area contributed by atoms with E-state index < -0.39 is 10.0 Å². The van der Waals surface area contributed by atoms with Gasteiger partial charge in [-0.2, -0.15) is 4.68 Å². The Morgan fingerprint density at radius 2 is 1.70 bits per heavy atom. The first kappa shape index (κ1) is 25.5. The molecule has 3 fully saturated rings. The molecule has 0 radical (unpaired) electrons. The fraction of sp³-hybridized carbons (Fsp3) is 0.560. The van der Waals surface area contributed by atoms with E-state index in [0.29, 0.717) is 25.2 Å². The first-order valence-corrected chi connectivity index (χ1v) is 14.6. The summed E-state index contributed by atoms with van der Waals surface area (Å²) in [6, 6.07) is 8.58. The van der Waals surface area contributed by atoms with Crippen LogP contribution < -0.4 is 9.62 Å². The largest absolute Gasteiger partial charge is 0.362 e. The Balaban J connectivity index is 1.23. The van der Waals surface area contributed by atoms with Gasteiger partial charge in [-0.25, -0.2) is 13.2 Å². The molecule has 4 heterocycles. The van der Waals surface area contributed by atoms with Gasteiger partial charge in [-0.15, -0.1) is 5.10 Å². The van der Waals surface area contributed by atoms with Crippen LogP contribution in [0.25, 0.3) is 0 Å². The number of rotatable bonds is 5. The van der Waals surface area contributed by atoms with Crippen LogP contribution in [0.5, 0.6) is 0 Å². The first-order valence-electron chi connectivity index (χ1n) is 12.8. The second-order valence-corrected chi connectivity index (χ2v) is 12.2. The summed E-state index contributed by atoms with van der Waals surface area (Å²) in [4.78, 5) is 33.6. The molecule has 37 heavy (non-hydrogen) atoms. The number of nitrogens with one attached hydrogen (secondary N) is 1. The zero-order valence-electron chi connectivity index (χ0n) is 21.6. The summed E-state index contributed by atoms with van der Waals surface area (Å²) in [6.07, 6.45) is 4.74. The summed E-state index contributed by atoms with van der Waals surface area (Å²) in [5.74, 6) is 0.283. The SMILES string of the molecule is CC(=O)N1CC2CCC(C1)N2c1cc(C)ccc1CN1CCN(C(=O)n2ccc(NS(C)(=O)=O)n2)CC1. The van der Waals surface area contributed by atoms with Crippen molar-refractivity contribution in [2.45, 2.75) is 45.3 Å². The Labute approximate surface area is 218 Å². The maximum atomic E-state index is 12.9. The fourth-order valence-corrected chi connectivity index (χ4v) is 6.25. The van der Waals surface area contributed by atoms with Gasteiger partial charge >= 0.3 is 6.03 Å². The number of benzene rings is 1. The van der Waals surface area contributed by atoms with Gasteiger partial charge in [0.2, 0.25) is 15.9 Å². The van der Waals surface area contributed by atoms with Crippen molar-refractivity contribution < 1.29 is 18.0 Å². The highest BCUT2D eigenvalue weighted by Gasteiger charge is 2.41. The molecule has 2 unspecified atom stereocenters. The Kier molecular flexibility index (Phi) is 6.88. The highest BCUT2D eigenvalue weighted by atomic mass is 32.2. The molecule has 2 amide bonds. The molecular weight excluding hydrogens is 494 g/mol. The van der Waals surface area contributed by atoms with Gasteiger partial charge in [0, 0.05) is 82.8 Å². The van der Waals surface area contributed by atoms with Crippen molar-refractivity contribution >= 4 is 33.5 Å². The number of carbonyl (C=O) groups excluding carboxylic acids is 2. The van der Waals surface area contributed by atoms with Crippen LogP contribution in [-0.2, 0) is 21.4 Å². The molecule has 0 aliphatic carbocycles. The van der Waals surface area contributed by atoms with Gasteiger partial charge in [0.15, 0.2) is 5.82 Å². The number of sulfonamides is 1. The van der Waals surface area contributed by atoms with E-state index in [4.69, 9.17) is 0 Å². The van der Waals surface area contributed by atoms with E-state index in [1.165, 1.54) is 33.8 Å². The lowest BCUT2D eigenvalue weighted by Crippen LogP contribution is -2.55. The maximum Gasteiger partial charge on any atom is 0.344 e. The Morgan fingerprint density at radius 1 is 1.03 bits per heavy atom. The lowest BCUT2D eigenvalue weighted by atomic mass is 10.0. The lowest BCUT2D eigenvalue weighted by Gasteiger charge is -2.43.